The van der Waals surface area contributed by atoms with Crippen molar-refractivity contribution in [2.24, 2.45) is 5.92 Å². The maximum Gasteiger partial charge on any atom is 0.151 e. The minimum atomic E-state index is 0.210. The van der Waals surface area contributed by atoms with E-state index < -0.39 is 0 Å². The first-order chi connectivity index (χ1) is 17.8. The Bertz CT molecular complexity index is 985. The number of unbranched alkanes of at least 4 members (excludes halogenated alkanes) is 2. The Hall–Kier alpha value is -3.04. The molecule has 0 radical (unpaired) electrons. The van der Waals surface area contributed by atoms with Crippen molar-refractivity contribution in [1.82, 2.24) is 30.7 Å². The van der Waals surface area contributed by atoms with Gasteiger partial charge in [-0.15, -0.1) is 23.0 Å². The van der Waals surface area contributed by atoms with Gasteiger partial charge in [-0.2, -0.15) is 0 Å². The van der Waals surface area contributed by atoms with Crippen molar-refractivity contribution in [1.29, 1.82) is 0 Å². The first-order valence-corrected chi connectivity index (χ1v) is 13.7. The number of terminal acetylenes is 1. The SMILES string of the molecule is C#C.C=C(CCCC)NC(C(=C)NCCCCNCc1nnc(C)n1-c1ccc(CC)cc1C)C(C)C. The van der Waals surface area contributed by atoms with Crippen molar-refractivity contribution in [2.45, 2.75) is 92.7 Å². The predicted molar refractivity (Wildman–Crippen MR) is 159 cm³/mol. The Labute approximate surface area is 226 Å². The summed E-state index contributed by atoms with van der Waals surface area (Å²) in [5.74, 6) is 2.33. The van der Waals surface area contributed by atoms with E-state index in [0.29, 0.717) is 12.5 Å². The zero-order chi connectivity index (χ0) is 27.8. The number of nitrogens with zero attached hydrogens (tertiary/aromatic N) is 3. The molecule has 0 saturated carbocycles. The van der Waals surface area contributed by atoms with Gasteiger partial charge in [0.25, 0.3) is 0 Å². The van der Waals surface area contributed by atoms with Crippen LogP contribution in [0.15, 0.2) is 42.8 Å². The Morgan fingerprint density at radius 1 is 1.03 bits per heavy atom. The largest absolute Gasteiger partial charge is 0.387 e. The van der Waals surface area contributed by atoms with Gasteiger partial charge in [-0.3, -0.25) is 4.57 Å². The topological polar surface area (TPSA) is 66.8 Å². The first kappa shape index (κ1) is 32.0. The van der Waals surface area contributed by atoms with Crippen LogP contribution in [0.2, 0.25) is 0 Å². The summed E-state index contributed by atoms with van der Waals surface area (Å²) in [6.45, 7) is 24.1. The third-order valence-corrected chi connectivity index (χ3v) is 6.45. The van der Waals surface area contributed by atoms with E-state index >= 15 is 0 Å². The summed E-state index contributed by atoms with van der Waals surface area (Å²) in [5.41, 5.74) is 5.93. The lowest BCUT2D eigenvalue weighted by molar-refractivity contribution is 0.448. The van der Waals surface area contributed by atoms with E-state index in [2.05, 4.69) is 110 Å². The molecule has 6 heteroatoms. The van der Waals surface area contributed by atoms with Gasteiger partial charge in [-0.1, -0.05) is 59.4 Å². The maximum absolute atomic E-state index is 4.42. The Balaban J connectivity index is 0.00000334. The van der Waals surface area contributed by atoms with E-state index in [0.717, 1.165) is 67.5 Å². The highest BCUT2D eigenvalue weighted by Crippen LogP contribution is 2.19. The van der Waals surface area contributed by atoms with Gasteiger partial charge < -0.3 is 16.0 Å². The van der Waals surface area contributed by atoms with Gasteiger partial charge in [-0.05, 0) is 75.6 Å². The van der Waals surface area contributed by atoms with Gasteiger partial charge in [0.05, 0.1) is 18.3 Å². The van der Waals surface area contributed by atoms with Gasteiger partial charge in [0.2, 0.25) is 0 Å². The number of allylic oxidation sites excluding steroid dienone is 1. The maximum atomic E-state index is 4.42. The van der Waals surface area contributed by atoms with E-state index in [1.807, 2.05) is 6.92 Å². The summed E-state index contributed by atoms with van der Waals surface area (Å²) < 4.78 is 2.17. The van der Waals surface area contributed by atoms with Crippen LogP contribution in [0.1, 0.15) is 82.6 Å². The van der Waals surface area contributed by atoms with E-state index in [9.17, 15) is 0 Å². The molecule has 1 aromatic carbocycles. The van der Waals surface area contributed by atoms with Gasteiger partial charge in [0, 0.05) is 17.9 Å². The van der Waals surface area contributed by atoms with Crippen LogP contribution in [-0.4, -0.2) is 33.9 Å². The molecule has 6 nitrogen and oxygen atoms in total. The molecule has 1 heterocycles. The molecule has 1 unspecified atom stereocenters. The molecule has 1 atom stereocenters. The van der Waals surface area contributed by atoms with Crippen LogP contribution in [0.25, 0.3) is 5.69 Å². The number of aromatic nitrogens is 3. The fourth-order valence-corrected chi connectivity index (χ4v) is 4.29. The lowest BCUT2D eigenvalue weighted by Crippen LogP contribution is -2.39. The molecule has 2 rings (SSSR count). The van der Waals surface area contributed by atoms with Crippen molar-refractivity contribution in [3.05, 3.63) is 65.5 Å². The highest BCUT2D eigenvalue weighted by atomic mass is 15.3. The monoisotopic (exact) mass is 506 g/mol. The van der Waals surface area contributed by atoms with E-state index in [4.69, 9.17) is 0 Å². The van der Waals surface area contributed by atoms with Gasteiger partial charge >= 0.3 is 0 Å². The fraction of sp³-hybridized carbons (Fsp3) is 0.548. The number of benzene rings is 1. The molecule has 0 aliphatic heterocycles. The molecule has 3 N–H and O–H groups in total. The van der Waals surface area contributed by atoms with Crippen molar-refractivity contribution in [2.75, 3.05) is 13.1 Å². The first-order valence-electron chi connectivity index (χ1n) is 13.7. The van der Waals surface area contributed by atoms with Crippen LogP contribution >= 0.6 is 0 Å². The summed E-state index contributed by atoms with van der Waals surface area (Å²) in [5, 5.41) is 19.4. The highest BCUT2D eigenvalue weighted by Gasteiger charge is 2.17. The smallest absolute Gasteiger partial charge is 0.151 e. The van der Waals surface area contributed by atoms with Crippen LogP contribution in [0.5, 0.6) is 0 Å². The molecule has 1 aromatic heterocycles. The normalized spacial score (nSPS) is 11.5. The molecule has 0 aliphatic rings. The zero-order valence-electron chi connectivity index (χ0n) is 24.2. The lowest BCUT2D eigenvalue weighted by atomic mass is 10.0. The molecule has 0 fully saturated rings. The molecule has 2 aromatic rings. The number of aryl methyl sites for hydroxylation is 3. The Kier molecular flexibility index (Phi) is 15.1. The molecule has 37 heavy (non-hydrogen) atoms. The lowest BCUT2D eigenvalue weighted by Gasteiger charge is -2.27. The second-order valence-corrected chi connectivity index (χ2v) is 9.88. The summed E-state index contributed by atoms with van der Waals surface area (Å²) in [4.78, 5) is 0. The minimum absolute atomic E-state index is 0.210. The third kappa shape index (κ3) is 10.5. The van der Waals surface area contributed by atoms with Crippen LogP contribution < -0.4 is 16.0 Å². The molecular weight excluding hydrogens is 456 g/mol. The van der Waals surface area contributed by atoms with E-state index in [-0.39, 0.29) is 6.04 Å². The average Bonchev–Trinajstić information content (AvgIpc) is 3.25. The average molecular weight is 507 g/mol. The van der Waals surface area contributed by atoms with E-state index in [1.54, 1.807) is 0 Å². The van der Waals surface area contributed by atoms with Gasteiger partial charge in [0.1, 0.15) is 5.82 Å². The predicted octanol–water partition coefficient (Wildman–Crippen LogP) is 5.99. The fourth-order valence-electron chi connectivity index (χ4n) is 4.29. The standard InChI is InChI=1S/C29H48N6.C2H2/c1-9-11-14-23(6)32-29(21(3)4)24(7)31-18-13-12-17-30-20-28-34-33-25(8)35(28)27-16-15-26(10-2)19-22(27)5;1-2/h15-16,19,21,29-32H,6-7,9-14,17-18,20H2,1-5,8H3;1-2H. The van der Waals surface area contributed by atoms with Gasteiger partial charge in [0.15, 0.2) is 5.82 Å². The number of hydrogen-bond acceptors (Lipinski definition) is 5. The molecule has 204 valence electrons. The zero-order valence-corrected chi connectivity index (χ0v) is 24.2. The Morgan fingerprint density at radius 2 is 1.73 bits per heavy atom. The molecule has 0 saturated heterocycles. The highest BCUT2D eigenvalue weighted by molar-refractivity contribution is 5.44. The summed E-state index contributed by atoms with van der Waals surface area (Å²) in [7, 11) is 0. The second kappa shape index (κ2) is 17.4. The molecule has 0 bridgehead atoms. The minimum Gasteiger partial charge on any atom is -0.387 e. The molecular formula is C31H50N6. The summed E-state index contributed by atoms with van der Waals surface area (Å²) in [6.07, 6.45) is 14.6. The van der Waals surface area contributed by atoms with Crippen LogP contribution in [0, 0.1) is 32.6 Å². The quantitative estimate of drug-likeness (QED) is 0.182. The van der Waals surface area contributed by atoms with Gasteiger partial charge in [-0.25, -0.2) is 0 Å². The summed E-state index contributed by atoms with van der Waals surface area (Å²) in [6, 6.07) is 6.85. The third-order valence-electron chi connectivity index (χ3n) is 6.45. The second-order valence-electron chi connectivity index (χ2n) is 9.88. The van der Waals surface area contributed by atoms with Crippen molar-refractivity contribution in [3.63, 3.8) is 0 Å². The molecule has 0 aliphatic carbocycles. The summed E-state index contributed by atoms with van der Waals surface area (Å²) >= 11 is 0. The number of nitrogens with one attached hydrogen (secondary N) is 3. The van der Waals surface area contributed by atoms with Crippen LogP contribution in [0.3, 0.4) is 0 Å². The number of hydrogen-bond donors (Lipinski definition) is 3. The van der Waals surface area contributed by atoms with Crippen LogP contribution in [0.4, 0.5) is 0 Å². The van der Waals surface area contributed by atoms with Crippen molar-refractivity contribution < 1.29 is 0 Å². The van der Waals surface area contributed by atoms with Crippen LogP contribution in [-0.2, 0) is 13.0 Å². The Morgan fingerprint density at radius 3 is 2.35 bits per heavy atom. The van der Waals surface area contributed by atoms with Crippen molar-refractivity contribution >= 4 is 0 Å². The molecule has 0 amide bonds. The molecule has 0 spiro atoms. The van der Waals surface area contributed by atoms with Crippen molar-refractivity contribution in [3.8, 4) is 18.5 Å². The van der Waals surface area contributed by atoms with E-state index in [1.165, 1.54) is 24.0 Å². The number of rotatable bonds is 17.